The van der Waals surface area contributed by atoms with Gasteiger partial charge < -0.3 is 25.4 Å². The first-order chi connectivity index (χ1) is 12.8. The summed E-state index contributed by atoms with van der Waals surface area (Å²) in [7, 11) is 0. The number of carbonyl (C=O) groups is 1. The zero-order valence-electron chi connectivity index (χ0n) is 17.5. The molecule has 2 rings (SSSR count). The first-order valence-corrected chi connectivity index (χ1v) is 10.5. The van der Waals surface area contributed by atoms with Crippen molar-refractivity contribution in [3.63, 3.8) is 0 Å². The SMILES string of the molecule is CCNC(=NCC1CCN(C(=O)OC(C)(C)C)CC1)NC1CCC(O)CC1. The van der Waals surface area contributed by atoms with Gasteiger partial charge in [0.25, 0.3) is 0 Å². The Morgan fingerprint density at radius 2 is 1.78 bits per heavy atom. The van der Waals surface area contributed by atoms with Crippen LogP contribution in [-0.4, -0.2) is 66.0 Å². The minimum absolute atomic E-state index is 0.141. The highest BCUT2D eigenvalue weighted by Gasteiger charge is 2.27. The van der Waals surface area contributed by atoms with Crippen molar-refractivity contribution < 1.29 is 14.6 Å². The van der Waals surface area contributed by atoms with E-state index in [4.69, 9.17) is 9.73 Å². The monoisotopic (exact) mass is 382 g/mol. The van der Waals surface area contributed by atoms with E-state index in [-0.39, 0.29) is 12.2 Å². The Balaban J connectivity index is 1.77. The fourth-order valence-corrected chi connectivity index (χ4v) is 3.58. The van der Waals surface area contributed by atoms with Crippen LogP contribution in [-0.2, 0) is 4.74 Å². The van der Waals surface area contributed by atoms with Crippen LogP contribution in [0.15, 0.2) is 4.99 Å². The number of piperidine rings is 1. The molecule has 156 valence electrons. The lowest BCUT2D eigenvalue weighted by Crippen LogP contribution is -2.46. The molecule has 1 saturated heterocycles. The van der Waals surface area contributed by atoms with E-state index < -0.39 is 5.60 Å². The summed E-state index contributed by atoms with van der Waals surface area (Å²) in [4.78, 5) is 18.7. The van der Waals surface area contributed by atoms with Crippen molar-refractivity contribution in [2.24, 2.45) is 10.9 Å². The predicted octanol–water partition coefficient (Wildman–Crippen LogP) is 2.49. The topological polar surface area (TPSA) is 86.2 Å². The fraction of sp³-hybridized carbons (Fsp3) is 0.900. The highest BCUT2D eigenvalue weighted by Crippen LogP contribution is 2.20. The predicted molar refractivity (Wildman–Crippen MR) is 108 cm³/mol. The van der Waals surface area contributed by atoms with Crippen molar-refractivity contribution in [1.29, 1.82) is 0 Å². The van der Waals surface area contributed by atoms with Gasteiger partial charge in [0, 0.05) is 32.2 Å². The Morgan fingerprint density at radius 1 is 1.15 bits per heavy atom. The molecule has 1 aliphatic carbocycles. The number of likely N-dealkylation sites (tertiary alicyclic amines) is 1. The summed E-state index contributed by atoms with van der Waals surface area (Å²) in [6.45, 7) is 10.8. The number of guanidine groups is 1. The van der Waals surface area contributed by atoms with Crippen molar-refractivity contribution in [3.8, 4) is 0 Å². The first kappa shape index (κ1) is 21.8. The van der Waals surface area contributed by atoms with E-state index >= 15 is 0 Å². The number of nitrogens with one attached hydrogen (secondary N) is 2. The maximum absolute atomic E-state index is 12.2. The largest absolute Gasteiger partial charge is 0.444 e. The Hall–Kier alpha value is -1.50. The van der Waals surface area contributed by atoms with Crippen LogP contribution in [0.25, 0.3) is 0 Å². The molecule has 0 aromatic heterocycles. The number of hydrogen-bond acceptors (Lipinski definition) is 4. The third-order valence-corrected chi connectivity index (χ3v) is 5.16. The molecule has 7 nitrogen and oxygen atoms in total. The lowest BCUT2D eigenvalue weighted by molar-refractivity contribution is 0.0187. The highest BCUT2D eigenvalue weighted by atomic mass is 16.6. The van der Waals surface area contributed by atoms with Crippen molar-refractivity contribution in [2.75, 3.05) is 26.2 Å². The molecular formula is C20H38N4O3. The number of ether oxygens (including phenoxy) is 1. The van der Waals surface area contributed by atoms with Gasteiger partial charge in [-0.25, -0.2) is 4.79 Å². The zero-order chi connectivity index (χ0) is 19.9. The second-order valence-electron chi connectivity index (χ2n) is 8.78. The summed E-state index contributed by atoms with van der Waals surface area (Å²) < 4.78 is 5.46. The van der Waals surface area contributed by atoms with Gasteiger partial charge in [-0.1, -0.05) is 0 Å². The van der Waals surface area contributed by atoms with Gasteiger partial charge in [-0.2, -0.15) is 0 Å². The van der Waals surface area contributed by atoms with Gasteiger partial charge in [0.05, 0.1) is 6.10 Å². The first-order valence-electron chi connectivity index (χ1n) is 10.5. The van der Waals surface area contributed by atoms with Crippen LogP contribution in [0, 0.1) is 5.92 Å². The molecule has 0 aromatic rings. The Kier molecular flexibility index (Phi) is 8.20. The minimum atomic E-state index is -0.445. The molecule has 0 radical (unpaired) electrons. The van der Waals surface area contributed by atoms with Gasteiger partial charge in [0.15, 0.2) is 5.96 Å². The van der Waals surface area contributed by atoms with E-state index in [0.717, 1.165) is 70.7 Å². The molecule has 1 amide bonds. The average molecular weight is 383 g/mol. The lowest BCUT2D eigenvalue weighted by atomic mass is 9.93. The van der Waals surface area contributed by atoms with E-state index in [1.807, 2.05) is 25.7 Å². The second-order valence-corrected chi connectivity index (χ2v) is 8.78. The number of carbonyl (C=O) groups excluding carboxylic acids is 1. The molecule has 0 unspecified atom stereocenters. The van der Waals surface area contributed by atoms with Gasteiger partial charge in [-0.05, 0) is 72.1 Å². The summed E-state index contributed by atoms with van der Waals surface area (Å²) in [5, 5.41) is 16.5. The molecule has 27 heavy (non-hydrogen) atoms. The Morgan fingerprint density at radius 3 is 2.33 bits per heavy atom. The van der Waals surface area contributed by atoms with E-state index in [2.05, 4.69) is 17.6 Å². The smallest absolute Gasteiger partial charge is 0.410 e. The van der Waals surface area contributed by atoms with E-state index in [0.29, 0.717) is 12.0 Å². The summed E-state index contributed by atoms with van der Waals surface area (Å²) in [6, 6.07) is 0.389. The standard InChI is InChI=1S/C20H38N4O3/c1-5-21-18(23-16-6-8-17(25)9-7-16)22-14-15-10-12-24(13-11-15)19(26)27-20(2,3)4/h15-17,25H,5-14H2,1-4H3,(H2,21,22,23). The maximum atomic E-state index is 12.2. The molecule has 1 saturated carbocycles. The molecule has 0 aromatic carbocycles. The normalized spacial score (nSPS) is 25.2. The number of amides is 1. The van der Waals surface area contributed by atoms with Crippen LogP contribution in [0.5, 0.6) is 0 Å². The van der Waals surface area contributed by atoms with Gasteiger partial charge in [-0.3, -0.25) is 4.99 Å². The molecule has 3 N–H and O–H groups in total. The summed E-state index contributed by atoms with van der Waals surface area (Å²) in [5.74, 6) is 1.36. The minimum Gasteiger partial charge on any atom is -0.444 e. The maximum Gasteiger partial charge on any atom is 0.410 e. The lowest BCUT2D eigenvalue weighted by Gasteiger charge is -2.33. The van der Waals surface area contributed by atoms with Crippen LogP contribution >= 0.6 is 0 Å². The second kappa shape index (κ2) is 10.2. The van der Waals surface area contributed by atoms with Crippen molar-refractivity contribution in [1.82, 2.24) is 15.5 Å². The summed E-state index contributed by atoms with van der Waals surface area (Å²) in [6.07, 6.45) is 5.26. The fourth-order valence-electron chi connectivity index (χ4n) is 3.58. The van der Waals surface area contributed by atoms with E-state index in [1.54, 1.807) is 0 Å². The third-order valence-electron chi connectivity index (χ3n) is 5.16. The molecule has 0 bridgehead atoms. The number of aliphatic imine (C=N–C) groups is 1. The molecule has 0 atom stereocenters. The van der Waals surface area contributed by atoms with Gasteiger partial charge in [0.1, 0.15) is 5.60 Å². The van der Waals surface area contributed by atoms with Gasteiger partial charge in [-0.15, -0.1) is 0 Å². The number of hydrogen-bond donors (Lipinski definition) is 3. The van der Waals surface area contributed by atoms with Crippen LogP contribution in [0.1, 0.15) is 66.2 Å². The highest BCUT2D eigenvalue weighted by molar-refractivity contribution is 5.80. The van der Waals surface area contributed by atoms with E-state index in [1.165, 1.54) is 0 Å². The summed E-state index contributed by atoms with van der Waals surface area (Å²) in [5.41, 5.74) is -0.445. The molecule has 0 spiro atoms. The molecule has 1 heterocycles. The zero-order valence-corrected chi connectivity index (χ0v) is 17.5. The van der Waals surface area contributed by atoms with Crippen molar-refractivity contribution in [3.05, 3.63) is 0 Å². The molecule has 1 aliphatic heterocycles. The summed E-state index contributed by atoms with van der Waals surface area (Å²) >= 11 is 0. The van der Waals surface area contributed by atoms with Crippen LogP contribution < -0.4 is 10.6 Å². The van der Waals surface area contributed by atoms with E-state index in [9.17, 15) is 9.90 Å². The number of rotatable bonds is 4. The Bertz CT molecular complexity index is 488. The number of aliphatic hydroxyl groups is 1. The van der Waals surface area contributed by atoms with Gasteiger partial charge >= 0.3 is 6.09 Å². The average Bonchev–Trinajstić information content (AvgIpc) is 2.61. The number of aliphatic hydroxyl groups excluding tert-OH is 1. The number of nitrogens with zero attached hydrogens (tertiary/aromatic N) is 2. The van der Waals surface area contributed by atoms with Crippen LogP contribution in [0.4, 0.5) is 4.79 Å². The third kappa shape index (κ3) is 7.95. The van der Waals surface area contributed by atoms with Crippen molar-refractivity contribution >= 4 is 12.1 Å². The molecule has 2 aliphatic rings. The van der Waals surface area contributed by atoms with Crippen LogP contribution in [0.2, 0.25) is 0 Å². The molecular weight excluding hydrogens is 344 g/mol. The van der Waals surface area contributed by atoms with Crippen LogP contribution in [0.3, 0.4) is 0 Å². The van der Waals surface area contributed by atoms with Crippen molar-refractivity contribution in [2.45, 2.75) is 84.0 Å². The quantitative estimate of drug-likeness (QED) is 0.514. The molecule has 2 fully saturated rings. The molecule has 7 heteroatoms. The van der Waals surface area contributed by atoms with Gasteiger partial charge in [0.2, 0.25) is 0 Å². The Labute approximate surface area is 163 Å².